The maximum Gasteiger partial charge on any atom is 0.201 e. The van der Waals surface area contributed by atoms with E-state index in [1.54, 1.807) is 0 Å². The third-order valence-electron chi connectivity index (χ3n) is 2.47. The molecule has 0 amide bonds. The van der Waals surface area contributed by atoms with Gasteiger partial charge in [0.05, 0.1) is 12.8 Å². The Bertz CT molecular complexity index is 432. The van der Waals surface area contributed by atoms with E-state index in [-0.39, 0.29) is 5.78 Å². The highest BCUT2D eigenvalue weighted by atomic mass is 16.1. The Labute approximate surface area is 88.5 Å². The van der Waals surface area contributed by atoms with Crippen molar-refractivity contribution in [3.05, 3.63) is 41.5 Å². The zero-order chi connectivity index (χ0) is 10.7. The number of allylic oxidation sites excluding steroid dienone is 1. The van der Waals surface area contributed by atoms with Gasteiger partial charge in [-0.25, -0.2) is 0 Å². The first kappa shape index (κ1) is 9.65. The summed E-state index contributed by atoms with van der Waals surface area (Å²) in [6.07, 6.45) is 1.32. The summed E-state index contributed by atoms with van der Waals surface area (Å²) in [5, 5.41) is 3.81. The van der Waals surface area contributed by atoms with Crippen molar-refractivity contribution in [2.75, 3.05) is 6.54 Å². The third kappa shape index (κ3) is 1.96. The lowest BCUT2D eigenvalue weighted by molar-refractivity contribution is -0.109. The number of carbonyl (C=O) groups excluding carboxylic acids is 1. The van der Waals surface area contributed by atoms with Gasteiger partial charge in [-0.15, -0.1) is 0 Å². The van der Waals surface area contributed by atoms with Gasteiger partial charge in [-0.1, -0.05) is 30.3 Å². The smallest absolute Gasteiger partial charge is 0.201 e. The first-order chi connectivity index (χ1) is 7.29. The van der Waals surface area contributed by atoms with Crippen molar-refractivity contribution in [1.29, 1.82) is 0 Å². The van der Waals surface area contributed by atoms with Crippen LogP contribution in [0.4, 0.5) is 0 Å². The van der Waals surface area contributed by atoms with E-state index in [1.165, 1.54) is 6.21 Å². The fourth-order valence-electron chi connectivity index (χ4n) is 1.56. The number of hydrogen-bond acceptors (Lipinski definition) is 3. The summed E-state index contributed by atoms with van der Waals surface area (Å²) in [4.78, 5) is 11.6. The molecule has 15 heavy (non-hydrogen) atoms. The zero-order valence-electron chi connectivity index (χ0n) is 8.53. The fourth-order valence-corrected chi connectivity index (χ4v) is 1.56. The molecule has 0 fully saturated rings. The number of carbonyl (C=O) groups is 1. The lowest BCUT2D eigenvalue weighted by atomic mass is 9.99. The van der Waals surface area contributed by atoms with Gasteiger partial charge in [0.25, 0.3) is 0 Å². The molecule has 0 spiro atoms. The summed E-state index contributed by atoms with van der Waals surface area (Å²) in [5.41, 5.74) is 5.69. The SMILES string of the molecule is CC1=C(c2ccccc2)CNN=CC1=O. The van der Waals surface area contributed by atoms with Gasteiger partial charge in [-0.2, -0.15) is 5.10 Å². The molecular formula is C12H12N2O. The van der Waals surface area contributed by atoms with Gasteiger partial charge >= 0.3 is 0 Å². The van der Waals surface area contributed by atoms with Crippen LogP contribution in [0, 0.1) is 0 Å². The molecule has 0 aliphatic carbocycles. The Morgan fingerprint density at radius 1 is 1.27 bits per heavy atom. The van der Waals surface area contributed by atoms with E-state index in [2.05, 4.69) is 10.5 Å². The van der Waals surface area contributed by atoms with Crippen molar-refractivity contribution in [3.63, 3.8) is 0 Å². The van der Waals surface area contributed by atoms with E-state index in [0.29, 0.717) is 6.54 Å². The highest BCUT2D eigenvalue weighted by molar-refractivity contribution is 6.36. The summed E-state index contributed by atoms with van der Waals surface area (Å²) in [7, 11) is 0. The molecule has 0 aromatic heterocycles. The second kappa shape index (κ2) is 4.09. The van der Waals surface area contributed by atoms with E-state index >= 15 is 0 Å². The van der Waals surface area contributed by atoms with Gasteiger partial charge in [-0.3, -0.25) is 4.79 Å². The lowest BCUT2D eigenvalue weighted by Gasteiger charge is -2.08. The minimum atomic E-state index is -0.0288. The highest BCUT2D eigenvalue weighted by Crippen LogP contribution is 2.19. The first-order valence-corrected chi connectivity index (χ1v) is 4.84. The summed E-state index contributed by atoms with van der Waals surface area (Å²) in [5.74, 6) is -0.0288. The standard InChI is InChI=1S/C12H12N2O/c1-9-11(7-13-14-8-12(9)15)10-5-3-2-4-6-10/h2-6,8,13H,7H2,1H3. The summed E-state index contributed by atoms with van der Waals surface area (Å²) in [6, 6.07) is 9.89. The second-order valence-electron chi connectivity index (χ2n) is 3.43. The van der Waals surface area contributed by atoms with Crippen LogP contribution >= 0.6 is 0 Å². The van der Waals surface area contributed by atoms with Gasteiger partial charge < -0.3 is 5.43 Å². The largest absolute Gasteiger partial charge is 0.305 e. The first-order valence-electron chi connectivity index (χ1n) is 4.84. The van der Waals surface area contributed by atoms with Crippen LogP contribution in [0.15, 0.2) is 41.0 Å². The topological polar surface area (TPSA) is 41.5 Å². The highest BCUT2D eigenvalue weighted by Gasteiger charge is 2.12. The molecule has 1 heterocycles. The van der Waals surface area contributed by atoms with E-state index in [4.69, 9.17) is 0 Å². The van der Waals surface area contributed by atoms with Crippen molar-refractivity contribution in [2.24, 2.45) is 5.10 Å². The third-order valence-corrected chi connectivity index (χ3v) is 2.47. The molecule has 1 N–H and O–H groups in total. The molecule has 1 aromatic carbocycles. The monoisotopic (exact) mass is 200 g/mol. The van der Waals surface area contributed by atoms with Gasteiger partial charge in [0, 0.05) is 5.57 Å². The molecule has 76 valence electrons. The lowest BCUT2D eigenvalue weighted by Crippen LogP contribution is -2.08. The minimum Gasteiger partial charge on any atom is -0.305 e. The molecular weight excluding hydrogens is 188 g/mol. The number of ketones is 1. The van der Waals surface area contributed by atoms with Gasteiger partial charge in [0.15, 0.2) is 0 Å². The van der Waals surface area contributed by atoms with Crippen LogP contribution < -0.4 is 5.43 Å². The summed E-state index contributed by atoms with van der Waals surface area (Å²) < 4.78 is 0. The zero-order valence-corrected chi connectivity index (χ0v) is 8.53. The van der Waals surface area contributed by atoms with E-state index < -0.39 is 0 Å². The molecule has 0 unspecified atom stereocenters. The molecule has 2 rings (SSSR count). The Morgan fingerprint density at radius 3 is 2.73 bits per heavy atom. The van der Waals surface area contributed by atoms with Crippen LogP contribution in [-0.4, -0.2) is 18.5 Å². The van der Waals surface area contributed by atoms with E-state index in [1.807, 2.05) is 37.3 Å². The Kier molecular flexibility index (Phi) is 2.63. The number of hydrogen-bond donors (Lipinski definition) is 1. The maximum atomic E-state index is 11.6. The van der Waals surface area contributed by atoms with E-state index in [9.17, 15) is 4.79 Å². The Hall–Kier alpha value is -1.90. The summed E-state index contributed by atoms with van der Waals surface area (Å²) in [6.45, 7) is 2.43. The second-order valence-corrected chi connectivity index (χ2v) is 3.43. The van der Waals surface area contributed by atoms with E-state index in [0.717, 1.165) is 16.7 Å². The average molecular weight is 200 g/mol. The van der Waals surface area contributed by atoms with Crippen molar-refractivity contribution >= 4 is 17.6 Å². The predicted octanol–water partition coefficient (Wildman–Crippen LogP) is 1.62. The molecule has 0 bridgehead atoms. The minimum absolute atomic E-state index is 0.0288. The quantitative estimate of drug-likeness (QED) is 0.748. The molecule has 1 aromatic rings. The van der Waals surface area contributed by atoms with Crippen LogP contribution in [-0.2, 0) is 4.79 Å². The molecule has 0 saturated carbocycles. The number of Topliss-reactive ketones (excluding diaryl/α,β-unsaturated/α-hetero) is 1. The van der Waals surface area contributed by atoms with Crippen molar-refractivity contribution in [3.8, 4) is 0 Å². The van der Waals surface area contributed by atoms with Crippen molar-refractivity contribution in [1.82, 2.24) is 5.43 Å². The van der Waals surface area contributed by atoms with Crippen LogP contribution in [0.3, 0.4) is 0 Å². The normalized spacial score (nSPS) is 16.2. The van der Waals surface area contributed by atoms with Crippen LogP contribution in [0.1, 0.15) is 12.5 Å². The number of nitrogens with zero attached hydrogens (tertiary/aromatic N) is 1. The molecule has 1 aliphatic heterocycles. The number of nitrogens with one attached hydrogen (secondary N) is 1. The molecule has 0 atom stereocenters. The number of hydrazone groups is 1. The average Bonchev–Trinajstić information content (AvgIpc) is 2.44. The summed E-state index contributed by atoms with van der Waals surface area (Å²) >= 11 is 0. The molecule has 3 heteroatoms. The molecule has 1 aliphatic rings. The molecule has 0 radical (unpaired) electrons. The van der Waals surface area contributed by atoms with Crippen molar-refractivity contribution in [2.45, 2.75) is 6.92 Å². The number of rotatable bonds is 1. The van der Waals surface area contributed by atoms with Crippen LogP contribution in [0.2, 0.25) is 0 Å². The molecule has 3 nitrogen and oxygen atoms in total. The van der Waals surface area contributed by atoms with Crippen molar-refractivity contribution < 1.29 is 4.79 Å². The maximum absolute atomic E-state index is 11.6. The predicted molar refractivity (Wildman–Crippen MR) is 60.5 cm³/mol. The fraction of sp³-hybridized carbons (Fsp3) is 0.167. The van der Waals surface area contributed by atoms with Crippen LogP contribution in [0.5, 0.6) is 0 Å². The van der Waals surface area contributed by atoms with Gasteiger partial charge in [0.1, 0.15) is 0 Å². The molecule has 0 saturated heterocycles. The Balaban J connectivity index is 2.44. The Morgan fingerprint density at radius 2 is 2.00 bits per heavy atom. The van der Waals surface area contributed by atoms with Gasteiger partial charge in [0.2, 0.25) is 5.78 Å². The van der Waals surface area contributed by atoms with Gasteiger partial charge in [-0.05, 0) is 18.1 Å². The van der Waals surface area contributed by atoms with Crippen LogP contribution in [0.25, 0.3) is 5.57 Å². The number of benzene rings is 1.